The summed E-state index contributed by atoms with van der Waals surface area (Å²) in [6, 6.07) is -0.194. The van der Waals surface area contributed by atoms with Crippen LogP contribution in [0.15, 0.2) is 33.5 Å². The average molecular weight is 384 g/mol. The SMILES string of the molecule is CCCSc1nc(NC2CC2C2=CC=C(F)C(F)C2)c([N+](=O)[O-])c(=O)[nH]1. The third-order valence-electron chi connectivity index (χ3n) is 4.26. The van der Waals surface area contributed by atoms with Crippen LogP contribution in [0.25, 0.3) is 0 Å². The molecule has 7 nitrogen and oxygen atoms in total. The number of aromatic nitrogens is 2. The van der Waals surface area contributed by atoms with Gasteiger partial charge < -0.3 is 5.32 Å². The average Bonchev–Trinajstić information content (AvgIpc) is 3.33. The molecule has 1 aromatic rings. The van der Waals surface area contributed by atoms with Crippen molar-refractivity contribution in [1.82, 2.24) is 9.97 Å². The predicted octanol–water partition coefficient (Wildman–Crippen LogP) is 3.50. The number of hydrogen-bond acceptors (Lipinski definition) is 6. The summed E-state index contributed by atoms with van der Waals surface area (Å²) in [6.45, 7) is 1.97. The topological polar surface area (TPSA) is 101 Å². The fraction of sp³-hybridized carbons (Fsp3) is 0.500. The fourth-order valence-corrected chi connectivity index (χ4v) is 3.58. The zero-order chi connectivity index (χ0) is 18.8. The largest absolute Gasteiger partial charge is 0.375 e. The standard InChI is InChI=1S/C16H18F2N4O3S/c1-2-5-26-16-20-14(13(22(24)25)15(23)21-16)19-12-7-9(12)8-3-4-10(17)11(18)6-8/h3-4,9,11-12H,2,5-7H2,1H3,(H2,19,20,21,23). The summed E-state index contributed by atoms with van der Waals surface area (Å²) in [5.41, 5.74) is -0.693. The smallest absolute Gasteiger partial charge is 0.361 e. The van der Waals surface area contributed by atoms with Crippen LogP contribution in [0.4, 0.5) is 20.3 Å². The highest BCUT2D eigenvalue weighted by atomic mass is 32.2. The Balaban J connectivity index is 1.78. The number of alkyl halides is 1. The molecule has 1 aromatic heterocycles. The molecule has 2 aliphatic rings. The summed E-state index contributed by atoms with van der Waals surface area (Å²) in [6.07, 6.45) is 2.50. The molecular weight excluding hydrogens is 366 g/mol. The number of aromatic amines is 1. The first kappa shape index (κ1) is 18.6. The highest BCUT2D eigenvalue weighted by molar-refractivity contribution is 7.99. The molecule has 1 fully saturated rings. The molecule has 0 aliphatic heterocycles. The number of nitrogens with one attached hydrogen (secondary N) is 2. The predicted molar refractivity (Wildman–Crippen MR) is 94.8 cm³/mol. The quantitative estimate of drug-likeness (QED) is 0.323. The number of thioether (sulfide) groups is 1. The van der Waals surface area contributed by atoms with E-state index in [0.29, 0.717) is 11.6 Å². The van der Waals surface area contributed by atoms with Gasteiger partial charge in [-0.2, -0.15) is 4.98 Å². The van der Waals surface area contributed by atoms with Crippen molar-refractivity contribution in [3.05, 3.63) is 44.0 Å². The van der Waals surface area contributed by atoms with Crippen LogP contribution in [0.5, 0.6) is 0 Å². The monoisotopic (exact) mass is 384 g/mol. The van der Waals surface area contributed by atoms with Crippen molar-refractivity contribution in [3.63, 3.8) is 0 Å². The summed E-state index contributed by atoms with van der Waals surface area (Å²) in [4.78, 5) is 29.1. The number of nitro groups is 1. The van der Waals surface area contributed by atoms with Gasteiger partial charge in [0.05, 0.1) is 4.92 Å². The minimum Gasteiger partial charge on any atom is -0.361 e. The molecule has 26 heavy (non-hydrogen) atoms. The van der Waals surface area contributed by atoms with Gasteiger partial charge in [0.15, 0.2) is 11.3 Å². The lowest BCUT2D eigenvalue weighted by Crippen LogP contribution is -2.19. The van der Waals surface area contributed by atoms with Gasteiger partial charge in [-0.3, -0.25) is 19.9 Å². The highest BCUT2D eigenvalue weighted by Crippen LogP contribution is 2.44. The van der Waals surface area contributed by atoms with E-state index < -0.39 is 28.2 Å². The van der Waals surface area contributed by atoms with Crippen molar-refractivity contribution in [1.29, 1.82) is 0 Å². The molecule has 3 atom stereocenters. The van der Waals surface area contributed by atoms with Gasteiger partial charge in [0.2, 0.25) is 5.82 Å². The first-order valence-corrected chi connectivity index (χ1v) is 9.27. The molecule has 0 radical (unpaired) electrons. The van der Waals surface area contributed by atoms with E-state index in [9.17, 15) is 23.7 Å². The van der Waals surface area contributed by atoms with E-state index in [1.54, 1.807) is 6.08 Å². The first-order chi connectivity index (χ1) is 12.4. The summed E-state index contributed by atoms with van der Waals surface area (Å²) in [5, 5.41) is 14.5. The number of halogens is 2. The maximum absolute atomic E-state index is 13.5. The van der Waals surface area contributed by atoms with Crippen molar-refractivity contribution >= 4 is 23.3 Å². The van der Waals surface area contributed by atoms with E-state index >= 15 is 0 Å². The second kappa shape index (κ2) is 7.56. The number of anilines is 1. The Kier molecular flexibility index (Phi) is 5.40. The van der Waals surface area contributed by atoms with Crippen LogP contribution in [0, 0.1) is 16.0 Å². The van der Waals surface area contributed by atoms with Crippen LogP contribution < -0.4 is 10.9 Å². The second-order valence-electron chi connectivity index (χ2n) is 6.23. The lowest BCUT2D eigenvalue weighted by molar-refractivity contribution is -0.385. The van der Waals surface area contributed by atoms with Crippen molar-refractivity contribution in [2.45, 2.75) is 43.6 Å². The van der Waals surface area contributed by atoms with E-state index in [-0.39, 0.29) is 24.2 Å². The van der Waals surface area contributed by atoms with Crippen LogP contribution in [-0.4, -0.2) is 32.9 Å². The van der Waals surface area contributed by atoms with E-state index in [1.807, 2.05) is 6.92 Å². The van der Waals surface area contributed by atoms with E-state index in [2.05, 4.69) is 15.3 Å². The highest BCUT2D eigenvalue weighted by Gasteiger charge is 2.43. The Hall–Kier alpha value is -2.23. The number of H-pyrrole nitrogens is 1. The number of allylic oxidation sites excluding steroid dienone is 3. The molecule has 10 heteroatoms. The van der Waals surface area contributed by atoms with Crippen LogP contribution >= 0.6 is 11.8 Å². The van der Waals surface area contributed by atoms with Gasteiger partial charge in [-0.15, -0.1) is 0 Å². The summed E-state index contributed by atoms with van der Waals surface area (Å²) in [5.74, 6) is -0.206. The van der Waals surface area contributed by atoms with Crippen LogP contribution in [0.3, 0.4) is 0 Å². The molecule has 0 amide bonds. The molecule has 3 rings (SSSR count). The molecule has 1 heterocycles. The Labute approximate surface area is 152 Å². The number of hydrogen-bond donors (Lipinski definition) is 2. The third kappa shape index (κ3) is 3.95. The zero-order valence-corrected chi connectivity index (χ0v) is 14.8. The molecule has 0 aromatic carbocycles. The van der Waals surface area contributed by atoms with Crippen molar-refractivity contribution in [2.75, 3.05) is 11.1 Å². The molecule has 140 valence electrons. The third-order valence-corrected chi connectivity index (χ3v) is 5.34. The Morgan fingerprint density at radius 1 is 1.50 bits per heavy atom. The van der Waals surface area contributed by atoms with Crippen LogP contribution in [0.2, 0.25) is 0 Å². The summed E-state index contributed by atoms with van der Waals surface area (Å²) in [7, 11) is 0. The van der Waals surface area contributed by atoms with E-state index in [4.69, 9.17) is 0 Å². The minimum absolute atomic E-state index is 0.0202. The van der Waals surface area contributed by atoms with E-state index in [1.165, 1.54) is 11.8 Å². The lowest BCUT2D eigenvalue weighted by atomic mass is 9.98. The number of nitrogens with zero attached hydrogens (tertiary/aromatic N) is 2. The Morgan fingerprint density at radius 3 is 2.92 bits per heavy atom. The number of rotatable bonds is 7. The first-order valence-electron chi connectivity index (χ1n) is 8.29. The van der Waals surface area contributed by atoms with Gasteiger partial charge in [-0.25, -0.2) is 8.78 Å². The van der Waals surface area contributed by atoms with Gasteiger partial charge in [-0.1, -0.05) is 30.3 Å². The second-order valence-corrected chi connectivity index (χ2v) is 7.32. The molecule has 0 saturated heterocycles. The molecule has 2 aliphatic carbocycles. The molecule has 0 spiro atoms. The molecule has 2 N–H and O–H groups in total. The van der Waals surface area contributed by atoms with Gasteiger partial charge in [-0.05, 0) is 18.9 Å². The van der Waals surface area contributed by atoms with Gasteiger partial charge >= 0.3 is 11.2 Å². The lowest BCUT2D eigenvalue weighted by Gasteiger charge is -2.14. The van der Waals surface area contributed by atoms with Gasteiger partial charge in [0.25, 0.3) is 0 Å². The summed E-state index contributed by atoms with van der Waals surface area (Å²) < 4.78 is 26.6. The fourth-order valence-electron chi connectivity index (χ4n) is 2.86. The Bertz CT molecular complexity index is 839. The maximum atomic E-state index is 13.5. The normalized spacial score (nSPS) is 24.7. The van der Waals surface area contributed by atoms with Crippen LogP contribution in [0.1, 0.15) is 26.2 Å². The van der Waals surface area contributed by atoms with E-state index in [0.717, 1.165) is 23.8 Å². The molecule has 1 saturated carbocycles. The van der Waals surface area contributed by atoms with Gasteiger partial charge in [0, 0.05) is 24.1 Å². The summed E-state index contributed by atoms with van der Waals surface area (Å²) >= 11 is 1.31. The maximum Gasteiger partial charge on any atom is 0.375 e. The molecular formula is C16H18F2N4O3S. The zero-order valence-electron chi connectivity index (χ0n) is 14.0. The molecule has 0 bridgehead atoms. The van der Waals surface area contributed by atoms with Crippen molar-refractivity contribution in [2.24, 2.45) is 5.92 Å². The van der Waals surface area contributed by atoms with Crippen LogP contribution in [-0.2, 0) is 0 Å². The van der Waals surface area contributed by atoms with Crippen molar-refractivity contribution in [3.8, 4) is 0 Å². The Morgan fingerprint density at radius 2 is 2.27 bits per heavy atom. The molecule has 3 unspecified atom stereocenters. The van der Waals surface area contributed by atoms with Gasteiger partial charge in [0.1, 0.15) is 5.83 Å². The van der Waals surface area contributed by atoms with Crippen molar-refractivity contribution < 1.29 is 13.7 Å². The minimum atomic E-state index is -1.64.